The van der Waals surface area contributed by atoms with Gasteiger partial charge >= 0.3 is 0 Å². The minimum absolute atomic E-state index is 0.184. The molecule has 1 aromatic heterocycles. The summed E-state index contributed by atoms with van der Waals surface area (Å²) in [5.41, 5.74) is 2.45. The van der Waals surface area contributed by atoms with Gasteiger partial charge in [0.2, 0.25) is 5.91 Å². The van der Waals surface area contributed by atoms with Crippen LogP contribution in [0.2, 0.25) is 0 Å². The lowest BCUT2D eigenvalue weighted by Gasteiger charge is -2.37. The van der Waals surface area contributed by atoms with Gasteiger partial charge in [0.1, 0.15) is 11.5 Å². The van der Waals surface area contributed by atoms with E-state index in [-0.39, 0.29) is 17.5 Å². The van der Waals surface area contributed by atoms with Crippen molar-refractivity contribution in [2.45, 2.75) is 17.5 Å². The van der Waals surface area contributed by atoms with Crippen molar-refractivity contribution in [3.63, 3.8) is 0 Å². The number of carbonyl (C=O) groups is 3. The molecule has 3 aliphatic heterocycles. The van der Waals surface area contributed by atoms with Crippen LogP contribution < -0.4 is 10.2 Å². The van der Waals surface area contributed by atoms with Gasteiger partial charge in [-0.3, -0.25) is 14.4 Å². The fourth-order valence-electron chi connectivity index (χ4n) is 6.48. The average molecular weight is 581 g/mol. The first-order valence-corrected chi connectivity index (χ1v) is 14.0. The number of hydrogen-bond acceptors (Lipinski definition) is 5. The Morgan fingerprint density at radius 2 is 1.66 bits per heavy atom. The second-order valence-corrected chi connectivity index (χ2v) is 11.6. The summed E-state index contributed by atoms with van der Waals surface area (Å²) in [6.07, 6.45) is 4.00. The number of rotatable bonds is 4. The van der Waals surface area contributed by atoms with E-state index in [4.69, 9.17) is 0 Å². The number of anilines is 2. The first kappa shape index (κ1) is 23.3. The number of amides is 1. The van der Waals surface area contributed by atoms with E-state index >= 15 is 0 Å². The van der Waals surface area contributed by atoms with Crippen LogP contribution >= 0.6 is 27.3 Å². The van der Waals surface area contributed by atoms with Crippen molar-refractivity contribution in [1.82, 2.24) is 0 Å². The van der Waals surface area contributed by atoms with Crippen molar-refractivity contribution in [2.24, 2.45) is 5.92 Å². The molecule has 4 aromatic rings. The first-order chi connectivity index (χ1) is 18.5. The molecule has 0 radical (unpaired) electrons. The smallest absolute Gasteiger partial charge is 0.238 e. The Labute approximate surface area is 231 Å². The van der Waals surface area contributed by atoms with E-state index in [1.807, 2.05) is 89.2 Å². The van der Waals surface area contributed by atoms with E-state index in [1.54, 1.807) is 18.2 Å². The number of carbonyl (C=O) groups excluding carboxylic acids is 3. The van der Waals surface area contributed by atoms with Gasteiger partial charge in [-0.1, -0.05) is 82.7 Å². The van der Waals surface area contributed by atoms with Crippen LogP contribution in [0.15, 0.2) is 101 Å². The summed E-state index contributed by atoms with van der Waals surface area (Å²) in [7, 11) is 0. The maximum absolute atomic E-state index is 14.5. The number of fused-ring (bicyclic) bond motifs is 6. The van der Waals surface area contributed by atoms with Gasteiger partial charge in [0.25, 0.3) is 0 Å². The Balaban J connectivity index is 1.54. The Kier molecular flexibility index (Phi) is 5.29. The minimum Gasteiger partial charge on any atom is -0.352 e. The SMILES string of the molecule is O=C(c1ccc(Br)cc1)[C@@H]1[C@H](C(=O)c2cccs2)[C@@]2(C(=O)Nc3ccccc32)[C@H]2C=Cc3ccccc3N12. The Morgan fingerprint density at radius 3 is 2.45 bits per heavy atom. The topological polar surface area (TPSA) is 66.5 Å². The van der Waals surface area contributed by atoms with Crippen LogP contribution in [0.1, 0.15) is 31.2 Å². The van der Waals surface area contributed by atoms with Gasteiger partial charge in [-0.05, 0) is 46.8 Å². The molecule has 0 saturated carbocycles. The molecular weight excluding hydrogens is 560 g/mol. The van der Waals surface area contributed by atoms with Gasteiger partial charge in [0.15, 0.2) is 11.6 Å². The number of hydrogen-bond donors (Lipinski definition) is 1. The monoisotopic (exact) mass is 580 g/mol. The molecule has 1 N–H and O–H groups in total. The third-order valence-electron chi connectivity index (χ3n) is 7.99. The summed E-state index contributed by atoms with van der Waals surface area (Å²) in [4.78, 5) is 45.8. The quantitative estimate of drug-likeness (QED) is 0.285. The summed E-state index contributed by atoms with van der Waals surface area (Å²) in [6.45, 7) is 0. The van der Waals surface area contributed by atoms with E-state index in [2.05, 4.69) is 21.2 Å². The van der Waals surface area contributed by atoms with Crippen LogP contribution in [0, 0.1) is 5.92 Å². The van der Waals surface area contributed by atoms with Crippen molar-refractivity contribution < 1.29 is 14.4 Å². The Bertz CT molecular complexity index is 1650. The number of nitrogens with zero attached hydrogens (tertiary/aromatic N) is 1. The summed E-state index contributed by atoms with van der Waals surface area (Å²) in [6, 6.07) is 24.8. The second-order valence-electron chi connectivity index (χ2n) is 9.77. The van der Waals surface area contributed by atoms with Crippen LogP contribution in [-0.2, 0) is 10.2 Å². The summed E-state index contributed by atoms with van der Waals surface area (Å²) < 4.78 is 0.858. The highest BCUT2D eigenvalue weighted by atomic mass is 79.9. The molecule has 1 fully saturated rings. The van der Waals surface area contributed by atoms with Gasteiger partial charge in [0, 0.05) is 21.4 Å². The number of Topliss-reactive ketones (excluding diaryl/α,β-unsaturated/α-hetero) is 2. The predicted molar refractivity (Wildman–Crippen MR) is 153 cm³/mol. The molecule has 186 valence electrons. The van der Waals surface area contributed by atoms with Gasteiger partial charge in [-0.25, -0.2) is 0 Å². The van der Waals surface area contributed by atoms with E-state index < -0.39 is 23.4 Å². The van der Waals surface area contributed by atoms with Crippen LogP contribution in [0.3, 0.4) is 0 Å². The van der Waals surface area contributed by atoms with Gasteiger partial charge in [-0.15, -0.1) is 11.3 Å². The largest absolute Gasteiger partial charge is 0.352 e. The third kappa shape index (κ3) is 3.12. The number of nitrogens with one attached hydrogen (secondary N) is 1. The van der Waals surface area contributed by atoms with Gasteiger partial charge < -0.3 is 10.2 Å². The Hall–Kier alpha value is -3.81. The number of ketones is 2. The Morgan fingerprint density at radius 1 is 0.895 bits per heavy atom. The number of thiophene rings is 1. The zero-order valence-electron chi connectivity index (χ0n) is 20.0. The first-order valence-electron chi connectivity index (χ1n) is 12.4. The number of para-hydroxylation sites is 2. The summed E-state index contributed by atoms with van der Waals surface area (Å²) in [5.74, 6) is -1.57. The fourth-order valence-corrected chi connectivity index (χ4v) is 7.45. The van der Waals surface area contributed by atoms with Crippen LogP contribution in [0.4, 0.5) is 11.4 Å². The van der Waals surface area contributed by atoms with Crippen molar-refractivity contribution in [3.8, 4) is 0 Å². The lowest BCUT2D eigenvalue weighted by atomic mass is 9.64. The molecule has 5 nitrogen and oxygen atoms in total. The average Bonchev–Trinajstić information content (AvgIpc) is 3.65. The summed E-state index contributed by atoms with van der Waals surface area (Å²) in [5, 5.41) is 4.91. The molecule has 4 atom stereocenters. The van der Waals surface area contributed by atoms with E-state index in [0.717, 1.165) is 21.3 Å². The zero-order chi connectivity index (χ0) is 26.0. The molecule has 0 bridgehead atoms. The maximum Gasteiger partial charge on any atom is 0.238 e. The predicted octanol–water partition coefficient (Wildman–Crippen LogP) is 6.37. The van der Waals surface area contributed by atoms with Crippen molar-refractivity contribution in [3.05, 3.63) is 122 Å². The van der Waals surface area contributed by atoms with Crippen molar-refractivity contribution >= 4 is 62.2 Å². The lowest BCUT2D eigenvalue weighted by molar-refractivity contribution is -0.121. The van der Waals surface area contributed by atoms with Crippen LogP contribution in [-0.4, -0.2) is 29.6 Å². The molecule has 3 aromatic carbocycles. The highest BCUT2D eigenvalue weighted by Gasteiger charge is 2.70. The zero-order valence-corrected chi connectivity index (χ0v) is 22.4. The van der Waals surface area contributed by atoms with E-state index in [0.29, 0.717) is 16.1 Å². The molecule has 4 heterocycles. The normalized spacial score (nSPS) is 24.6. The highest BCUT2D eigenvalue weighted by molar-refractivity contribution is 9.10. The molecule has 1 saturated heterocycles. The molecule has 7 rings (SSSR count). The number of halogens is 1. The fraction of sp³-hybridized carbons (Fsp3) is 0.129. The molecule has 3 aliphatic rings. The van der Waals surface area contributed by atoms with Crippen molar-refractivity contribution in [2.75, 3.05) is 10.2 Å². The highest BCUT2D eigenvalue weighted by Crippen LogP contribution is 2.58. The molecule has 1 spiro atoms. The van der Waals surface area contributed by atoms with E-state index in [9.17, 15) is 14.4 Å². The molecular formula is C31H21BrN2O3S. The third-order valence-corrected chi connectivity index (χ3v) is 9.40. The van der Waals surface area contributed by atoms with Crippen LogP contribution in [0.5, 0.6) is 0 Å². The standard InChI is InChI=1S/C31H21BrN2O3S/c32-20-14-11-19(12-15-20)28(35)27-26(29(36)24-10-5-17-38-24)31(21-7-2-3-8-22(21)33-30(31)37)25-16-13-18-6-1-4-9-23(18)34(25)27/h1-17,25-27H,(H,33,37)/t25-,26-,27+,31+/m1/s1. The summed E-state index contributed by atoms with van der Waals surface area (Å²) >= 11 is 4.79. The molecule has 38 heavy (non-hydrogen) atoms. The minimum atomic E-state index is -1.28. The lowest BCUT2D eigenvalue weighted by Crippen LogP contribution is -2.51. The number of benzene rings is 3. The molecule has 7 heteroatoms. The molecule has 0 unspecified atom stereocenters. The van der Waals surface area contributed by atoms with Gasteiger partial charge in [0.05, 0.1) is 16.8 Å². The van der Waals surface area contributed by atoms with E-state index in [1.165, 1.54) is 11.3 Å². The molecule has 1 amide bonds. The van der Waals surface area contributed by atoms with Crippen molar-refractivity contribution in [1.29, 1.82) is 0 Å². The second kappa shape index (κ2) is 8.61. The molecule has 0 aliphatic carbocycles. The van der Waals surface area contributed by atoms with Gasteiger partial charge in [-0.2, -0.15) is 0 Å². The van der Waals surface area contributed by atoms with Crippen LogP contribution in [0.25, 0.3) is 6.08 Å². The maximum atomic E-state index is 14.5.